The average Bonchev–Trinajstić information content (AvgIpc) is 2.39. The standard InChI is InChI=1S/C12H11N3O2S/c16-10-13-11(17)18-12-14(7-4-8-15(10)12)9-5-2-1-3-6-9/h1-3,5-6H,4,7-8H2/p+1. The lowest BCUT2D eigenvalue weighted by molar-refractivity contribution is -0.702. The van der Waals surface area contributed by atoms with E-state index in [1.165, 1.54) is 0 Å². The Hall–Kier alpha value is -1.95. The molecule has 2 aromatic rings. The van der Waals surface area contributed by atoms with Crippen LogP contribution in [0.3, 0.4) is 0 Å². The van der Waals surface area contributed by atoms with Crippen LogP contribution in [-0.4, -0.2) is 11.5 Å². The van der Waals surface area contributed by atoms with E-state index in [1.807, 2.05) is 35.2 Å². The average molecular weight is 262 g/mol. The van der Waals surface area contributed by atoms with Crippen LogP contribution in [-0.2, 0) is 6.54 Å². The Morgan fingerprint density at radius 2 is 2.00 bits per heavy atom. The fraction of sp³-hybridized carbons (Fsp3) is 0.250. The molecular weight excluding hydrogens is 250 g/mol. The lowest BCUT2D eigenvalue weighted by Crippen LogP contribution is -2.58. The molecule has 0 bridgehead atoms. The lowest BCUT2D eigenvalue weighted by atomic mass is 10.2. The van der Waals surface area contributed by atoms with Gasteiger partial charge in [-0.1, -0.05) is 18.2 Å². The van der Waals surface area contributed by atoms with E-state index >= 15 is 0 Å². The highest BCUT2D eigenvalue weighted by Crippen LogP contribution is 2.25. The normalized spacial score (nSPS) is 14.3. The molecule has 0 saturated heterocycles. The van der Waals surface area contributed by atoms with Crippen LogP contribution < -0.4 is 20.0 Å². The summed E-state index contributed by atoms with van der Waals surface area (Å²) < 4.78 is 1.63. The summed E-state index contributed by atoms with van der Waals surface area (Å²) in [5, 5.41) is 0.709. The number of H-pyrrole nitrogens is 1. The molecule has 0 amide bonds. The number of benzene rings is 1. The predicted octanol–water partition coefficient (Wildman–Crippen LogP) is 0.626. The number of hydrogen-bond donors (Lipinski definition) is 1. The van der Waals surface area contributed by atoms with Gasteiger partial charge in [-0.2, -0.15) is 9.55 Å². The van der Waals surface area contributed by atoms with E-state index in [4.69, 9.17) is 0 Å². The second kappa shape index (κ2) is 4.38. The van der Waals surface area contributed by atoms with Gasteiger partial charge in [-0.05, 0) is 12.1 Å². The molecule has 1 aliphatic heterocycles. The zero-order chi connectivity index (χ0) is 12.5. The first-order valence-electron chi connectivity index (χ1n) is 5.75. The van der Waals surface area contributed by atoms with Gasteiger partial charge in [0.1, 0.15) is 0 Å². The van der Waals surface area contributed by atoms with Gasteiger partial charge in [0, 0.05) is 17.8 Å². The highest BCUT2D eigenvalue weighted by Gasteiger charge is 2.27. The van der Waals surface area contributed by atoms with E-state index in [1.54, 1.807) is 4.57 Å². The summed E-state index contributed by atoms with van der Waals surface area (Å²) >= 11 is 1.07. The zero-order valence-corrected chi connectivity index (χ0v) is 10.4. The van der Waals surface area contributed by atoms with Crippen LogP contribution in [0.1, 0.15) is 6.42 Å². The molecule has 0 unspecified atom stereocenters. The van der Waals surface area contributed by atoms with Crippen molar-refractivity contribution in [3.63, 3.8) is 0 Å². The van der Waals surface area contributed by atoms with E-state index in [0.29, 0.717) is 11.7 Å². The molecule has 0 spiro atoms. The molecular formula is C12H12N3O2S+. The Morgan fingerprint density at radius 1 is 1.22 bits per heavy atom. The number of fused-ring (bicyclic) bond motifs is 1. The van der Waals surface area contributed by atoms with E-state index in [2.05, 4.69) is 4.98 Å². The summed E-state index contributed by atoms with van der Waals surface area (Å²) in [5.41, 5.74) is 0.682. The van der Waals surface area contributed by atoms with E-state index in [-0.39, 0.29) is 10.6 Å². The van der Waals surface area contributed by atoms with Gasteiger partial charge in [0.2, 0.25) is 0 Å². The van der Waals surface area contributed by atoms with Crippen molar-refractivity contribution < 1.29 is 4.57 Å². The van der Waals surface area contributed by atoms with Crippen LogP contribution in [0, 0.1) is 0 Å². The molecule has 1 aromatic carbocycles. The number of aromatic nitrogens is 2. The van der Waals surface area contributed by atoms with Gasteiger partial charge in [-0.3, -0.25) is 4.90 Å². The number of aromatic amines is 1. The Kier molecular flexibility index (Phi) is 2.71. The van der Waals surface area contributed by atoms with Gasteiger partial charge < -0.3 is 0 Å². The molecule has 2 heterocycles. The second-order valence-electron chi connectivity index (χ2n) is 4.09. The first kappa shape index (κ1) is 11.2. The highest BCUT2D eigenvalue weighted by atomic mass is 32.1. The van der Waals surface area contributed by atoms with Crippen LogP contribution in [0.2, 0.25) is 0 Å². The molecule has 18 heavy (non-hydrogen) atoms. The quantitative estimate of drug-likeness (QED) is 0.767. The molecule has 0 atom stereocenters. The Labute approximate surface area is 107 Å². The number of hydrogen-bond acceptors (Lipinski definition) is 4. The van der Waals surface area contributed by atoms with Crippen molar-refractivity contribution in [2.75, 3.05) is 11.4 Å². The van der Waals surface area contributed by atoms with Crippen molar-refractivity contribution >= 4 is 22.2 Å². The van der Waals surface area contributed by atoms with Gasteiger partial charge in [-0.25, -0.2) is 9.59 Å². The number of para-hydroxylation sites is 1. The fourth-order valence-corrected chi connectivity index (χ4v) is 3.03. The number of nitrogens with one attached hydrogen (secondary N) is 1. The third-order valence-corrected chi connectivity index (χ3v) is 3.84. The maximum atomic E-state index is 11.7. The molecule has 3 rings (SSSR count). The van der Waals surface area contributed by atoms with Crippen LogP contribution in [0.15, 0.2) is 39.9 Å². The highest BCUT2D eigenvalue weighted by molar-refractivity contribution is 7.12. The summed E-state index contributed by atoms with van der Waals surface area (Å²) in [4.78, 5) is 27.2. The summed E-state index contributed by atoms with van der Waals surface area (Å²) in [5.74, 6) is 0. The molecule has 1 aliphatic rings. The third-order valence-electron chi connectivity index (χ3n) is 2.93. The van der Waals surface area contributed by atoms with Gasteiger partial charge in [-0.15, -0.1) is 0 Å². The summed E-state index contributed by atoms with van der Waals surface area (Å²) in [6.07, 6.45) is 0.889. The molecule has 92 valence electrons. The van der Waals surface area contributed by atoms with Crippen LogP contribution in [0.5, 0.6) is 0 Å². The van der Waals surface area contributed by atoms with Gasteiger partial charge in [0.25, 0.3) is 5.13 Å². The predicted molar refractivity (Wildman–Crippen MR) is 69.5 cm³/mol. The Morgan fingerprint density at radius 3 is 2.78 bits per heavy atom. The second-order valence-corrected chi connectivity index (χ2v) is 5.03. The Bertz CT molecular complexity index is 678. The molecule has 0 fully saturated rings. The summed E-state index contributed by atoms with van der Waals surface area (Å²) in [6, 6.07) is 9.80. The molecule has 0 aliphatic carbocycles. The number of anilines is 2. The van der Waals surface area contributed by atoms with Crippen LogP contribution >= 0.6 is 11.3 Å². The van der Waals surface area contributed by atoms with E-state index in [0.717, 1.165) is 30.0 Å². The summed E-state index contributed by atoms with van der Waals surface area (Å²) in [6.45, 7) is 1.48. The number of nitrogens with zero attached hydrogens (tertiary/aromatic N) is 2. The SMILES string of the molecule is O=c1[nH]c(=O)[n+]2c(s1)N(c1ccccc1)CCC2. The van der Waals surface area contributed by atoms with Gasteiger partial charge in [0.05, 0.1) is 18.8 Å². The monoisotopic (exact) mass is 262 g/mol. The van der Waals surface area contributed by atoms with Gasteiger partial charge in [0.15, 0.2) is 0 Å². The van der Waals surface area contributed by atoms with Crippen molar-refractivity contribution in [3.8, 4) is 0 Å². The topological polar surface area (TPSA) is 57.1 Å². The largest absolute Gasteiger partial charge is 0.445 e. The zero-order valence-electron chi connectivity index (χ0n) is 9.63. The number of rotatable bonds is 1. The summed E-state index contributed by atoms with van der Waals surface area (Å²) in [7, 11) is 0. The fourth-order valence-electron chi connectivity index (χ4n) is 2.13. The smallest absolute Gasteiger partial charge is 0.250 e. The van der Waals surface area contributed by atoms with Crippen molar-refractivity contribution in [1.82, 2.24) is 4.98 Å². The molecule has 0 saturated carbocycles. The van der Waals surface area contributed by atoms with E-state index in [9.17, 15) is 9.59 Å². The van der Waals surface area contributed by atoms with Gasteiger partial charge >= 0.3 is 10.6 Å². The maximum Gasteiger partial charge on any atom is 0.445 e. The van der Waals surface area contributed by atoms with E-state index < -0.39 is 0 Å². The molecule has 1 N–H and O–H groups in total. The minimum absolute atomic E-state index is 0.311. The minimum atomic E-state index is -0.325. The third kappa shape index (κ3) is 1.84. The minimum Gasteiger partial charge on any atom is -0.250 e. The van der Waals surface area contributed by atoms with Crippen molar-refractivity contribution in [1.29, 1.82) is 0 Å². The Balaban J connectivity index is 2.18. The molecule has 0 radical (unpaired) electrons. The first-order valence-corrected chi connectivity index (χ1v) is 6.57. The van der Waals surface area contributed by atoms with Crippen molar-refractivity contribution in [3.05, 3.63) is 50.5 Å². The van der Waals surface area contributed by atoms with Crippen LogP contribution in [0.25, 0.3) is 0 Å². The lowest BCUT2D eigenvalue weighted by Gasteiger charge is -2.23. The molecule has 1 aromatic heterocycles. The molecule has 5 nitrogen and oxygen atoms in total. The van der Waals surface area contributed by atoms with Crippen LogP contribution in [0.4, 0.5) is 10.8 Å². The molecule has 6 heteroatoms. The first-order chi connectivity index (χ1) is 8.75. The van der Waals surface area contributed by atoms with Crippen molar-refractivity contribution in [2.45, 2.75) is 13.0 Å². The maximum absolute atomic E-state index is 11.7. The van der Waals surface area contributed by atoms with Crippen molar-refractivity contribution in [2.24, 2.45) is 0 Å².